The lowest BCUT2D eigenvalue weighted by Gasteiger charge is -2.03. The predicted octanol–water partition coefficient (Wildman–Crippen LogP) is 5.34. The maximum atomic E-state index is 13.3. The molecule has 0 radical (unpaired) electrons. The summed E-state index contributed by atoms with van der Waals surface area (Å²) in [4.78, 5) is 14.6. The Morgan fingerprint density at radius 2 is 2.00 bits per heavy atom. The molecule has 1 aliphatic carbocycles. The normalized spacial score (nSPS) is 14.6. The summed E-state index contributed by atoms with van der Waals surface area (Å²) in [5.74, 6) is -0.220. The largest absolute Gasteiger partial charge is 0.293 e. The molecule has 1 aromatic heterocycles. The van der Waals surface area contributed by atoms with Crippen molar-refractivity contribution < 1.29 is 9.18 Å². The fourth-order valence-corrected chi connectivity index (χ4v) is 4.32. The van der Waals surface area contributed by atoms with Crippen molar-refractivity contribution in [3.8, 4) is 0 Å². The number of carbonyl (C=O) groups excluding carboxylic acids is 1. The minimum Gasteiger partial charge on any atom is -0.293 e. The van der Waals surface area contributed by atoms with Crippen LogP contribution in [0, 0.1) is 5.82 Å². The van der Waals surface area contributed by atoms with E-state index in [1.807, 2.05) is 0 Å². The SMILES string of the molecule is O=C(Cc1cc(F)ccc1Br)c1cc2c(s1)CCCCC2. The molecule has 0 aliphatic heterocycles. The molecule has 0 saturated carbocycles. The van der Waals surface area contributed by atoms with Gasteiger partial charge in [-0.05, 0) is 61.1 Å². The number of hydrogen-bond acceptors (Lipinski definition) is 2. The van der Waals surface area contributed by atoms with Gasteiger partial charge in [0.25, 0.3) is 0 Å². The van der Waals surface area contributed by atoms with Crippen molar-refractivity contribution in [2.24, 2.45) is 0 Å². The number of rotatable bonds is 3. The zero-order valence-electron chi connectivity index (χ0n) is 11.6. The van der Waals surface area contributed by atoms with Gasteiger partial charge in [0.05, 0.1) is 4.88 Å². The highest BCUT2D eigenvalue weighted by molar-refractivity contribution is 9.10. The van der Waals surface area contributed by atoms with Crippen molar-refractivity contribution in [3.05, 3.63) is 55.4 Å². The number of thiophene rings is 1. The monoisotopic (exact) mass is 366 g/mol. The maximum Gasteiger partial charge on any atom is 0.177 e. The summed E-state index contributed by atoms with van der Waals surface area (Å²) in [5.41, 5.74) is 2.06. The second-order valence-corrected chi connectivity index (χ2v) is 7.45. The lowest BCUT2D eigenvalue weighted by molar-refractivity contribution is 0.0996. The van der Waals surface area contributed by atoms with E-state index in [-0.39, 0.29) is 18.0 Å². The van der Waals surface area contributed by atoms with Crippen LogP contribution < -0.4 is 0 Å². The summed E-state index contributed by atoms with van der Waals surface area (Å²) >= 11 is 5.01. The molecule has 0 N–H and O–H groups in total. The molecule has 0 amide bonds. The van der Waals surface area contributed by atoms with Crippen LogP contribution >= 0.6 is 27.3 Å². The Hall–Kier alpha value is -1.00. The van der Waals surface area contributed by atoms with Gasteiger partial charge < -0.3 is 0 Å². The third-order valence-corrected chi connectivity index (χ3v) is 5.93. The number of fused-ring (bicyclic) bond motifs is 1. The van der Waals surface area contributed by atoms with Crippen molar-refractivity contribution >= 4 is 33.0 Å². The van der Waals surface area contributed by atoms with Crippen LogP contribution in [0.25, 0.3) is 0 Å². The minimum atomic E-state index is -0.303. The molecule has 1 aliphatic rings. The van der Waals surface area contributed by atoms with Crippen LogP contribution in [0.3, 0.4) is 0 Å². The summed E-state index contributed by atoms with van der Waals surface area (Å²) in [5, 5.41) is 0. The molecule has 110 valence electrons. The molecule has 0 saturated heterocycles. The molecule has 1 heterocycles. The third-order valence-electron chi connectivity index (χ3n) is 3.88. The van der Waals surface area contributed by atoms with Crippen LogP contribution in [0.4, 0.5) is 4.39 Å². The van der Waals surface area contributed by atoms with Gasteiger partial charge in [-0.3, -0.25) is 4.79 Å². The van der Waals surface area contributed by atoms with Crippen LogP contribution in [0.1, 0.15) is 44.9 Å². The Kier molecular flexibility index (Phi) is 4.55. The zero-order chi connectivity index (χ0) is 14.8. The van der Waals surface area contributed by atoms with Crippen LogP contribution in [0.2, 0.25) is 0 Å². The second kappa shape index (κ2) is 6.41. The van der Waals surface area contributed by atoms with E-state index in [9.17, 15) is 9.18 Å². The second-order valence-electron chi connectivity index (χ2n) is 5.46. The number of carbonyl (C=O) groups is 1. The Labute approximate surface area is 136 Å². The molecule has 0 atom stereocenters. The summed E-state index contributed by atoms with van der Waals surface area (Å²) in [6.45, 7) is 0. The first-order valence-corrected chi connectivity index (χ1v) is 8.83. The van der Waals surface area contributed by atoms with Gasteiger partial charge in [0.2, 0.25) is 0 Å². The molecule has 0 fully saturated rings. The smallest absolute Gasteiger partial charge is 0.177 e. The topological polar surface area (TPSA) is 17.1 Å². The Bertz CT molecular complexity index is 654. The maximum absolute atomic E-state index is 13.3. The van der Waals surface area contributed by atoms with Crippen LogP contribution in [-0.2, 0) is 19.3 Å². The number of benzene rings is 1. The number of aryl methyl sites for hydroxylation is 2. The summed E-state index contributed by atoms with van der Waals surface area (Å²) in [6, 6.07) is 6.54. The number of halogens is 2. The molecule has 3 rings (SSSR count). The van der Waals surface area contributed by atoms with E-state index in [1.165, 1.54) is 41.8 Å². The van der Waals surface area contributed by atoms with Crippen molar-refractivity contribution in [2.75, 3.05) is 0 Å². The van der Waals surface area contributed by atoms with Crippen molar-refractivity contribution in [3.63, 3.8) is 0 Å². The zero-order valence-corrected chi connectivity index (χ0v) is 14.0. The summed E-state index contributed by atoms with van der Waals surface area (Å²) in [6.07, 6.45) is 6.14. The van der Waals surface area contributed by atoms with Crippen molar-refractivity contribution in [2.45, 2.75) is 38.5 Å². The van der Waals surface area contributed by atoms with Gasteiger partial charge in [0.1, 0.15) is 5.82 Å². The quantitative estimate of drug-likeness (QED) is 0.528. The average molecular weight is 367 g/mol. The molecular weight excluding hydrogens is 351 g/mol. The molecule has 0 bridgehead atoms. The Morgan fingerprint density at radius 3 is 2.86 bits per heavy atom. The highest BCUT2D eigenvalue weighted by Gasteiger charge is 2.17. The van der Waals surface area contributed by atoms with E-state index in [0.29, 0.717) is 5.56 Å². The van der Waals surface area contributed by atoms with E-state index >= 15 is 0 Å². The first-order chi connectivity index (χ1) is 10.1. The van der Waals surface area contributed by atoms with Gasteiger partial charge in [0, 0.05) is 15.8 Å². The molecule has 0 unspecified atom stereocenters. The molecule has 0 spiro atoms. The van der Waals surface area contributed by atoms with E-state index in [0.717, 1.165) is 22.2 Å². The van der Waals surface area contributed by atoms with Gasteiger partial charge >= 0.3 is 0 Å². The van der Waals surface area contributed by atoms with Crippen LogP contribution in [-0.4, -0.2) is 5.78 Å². The lowest BCUT2D eigenvalue weighted by atomic mass is 10.1. The first kappa shape index (κ1) is 14.9. The van der Waals surface area contributed by atoms with Gasteiger partial charge in [-0.15, -0.1) is 11.3 Å². The Morgan fingerprint density at radius 1 is 1.19 bits per heavy atom. The number of Topliss-reactive ketones (excluding diaryl/α,β-unsaturated/α-hetero) is 1. The molecule has 21 heavy (non-hydrogen) atoms. The fourth-order valence-electron chi connectivity index (χ4n) is 2.74. The van der Waals surface area contributed by atoms with Crippen LogP contribution in [0.5, 0.6) is 0 Å². The molecule has 4 heteroatoms. The number of ketones is 1. The summed E-state index contributed by atoms with van der Waals surface area (Å²) in [7, 11) is 0. The number of hydrogen-bond donors (Lipinski definition) is 0. The lowest BCUT2D eigenvalue weighted by Crippen LogP contribution is -2.02. The fraction of sp³-hybridized carbons (Fsp3) is 0.353. The third kappa shape index (κ3) is 3.43. The van der Waals surface area contributed by atoms with Gasteiger partial charge in [-0.25, -0.2) is 4.39 Å². The van der Waals surface area contributed by atoms with Gasteiger partial charge in [-0.1, -0.05) is 22.4 Å². The van der Waals surface area contributed by atoms with E-state index in [2.05, 4.69) is 22.0 Å². The average Bonchev–Trinajstić information content (AvgIpc) is 2.74. The highest BCUT2D eigenvalue weighted by Crippen LogP contribution is 2.30. The van der Waals surface area contributed by atoms with Crippen LogP contribution in [0.15, 0.2) is 28.7 Å². The Balaban J connectivity index is 1.81. The first-order valence-electron chi connectivity index (χ1n) is 7.22. The van der Waals surface area contributed by atoms with E-state index < -0.39 is 0 Å². The molecule has 1 nitrogen and oxygen atoms in total. The molecule has 2 aromatic rings. The highest BCUT2D eigenvalue weighted by atomic mass is 79.9. The van der Waals surface area contributed by atoms with E-state index in [4.69, 9.17) is 0 Å². The van der Waals surface area contributed by atoms with Crippen molar-refractivity contribution in [1.82, 2.24) is 0 Å². The summed E-state index contributed by atoms with van der Waals surface area (Å²) < 4.78 is 14.1. The standard InChI is InChI=1S/C17H16BrFOS/c18-14-7-6-13(19)8-12(14)9-15(20)17-10-11-4-2-1-3-5-16(11)21-17/h6-8,10H,1-5,9H2. The van der Waals surface area contributed by atoms with Gasteiger partial charge in [-0.2, -0.15) is 0 Å². The molecule has 1 aromatic carbocycles. The van der Waals surface area contributed by atoms with Gasteiger partial charge in [0.15, 0.2) is 5.78 Å². The van der Waals surface area contributed by atoms with Crippen molar-refractivity contribution in [1.29, 1.82) is 0 Å². The molecular formula is C17H16BrFOS. The van der Waals surface area contributed by atoms with E-state index in [1.54, 1.807) is 17.4 Å². The minimum absolute atomic E-state index is 0.0828. The predicted molar refractivity (Wildman–Crippen MR) is 87.7 cm³/mol.